The lowest BCUT2D eigenvalue weighted by Crippen LogP contribution is -2.29. The average Bonchev–Trinajstić information content (AvgIpc) is 2.94. The molecule has 3 heteroatoms. The predicted octanol–water partition coefficient (Wildman–Crippen LogP) is 2.21. The minimum atomic E-state index is -0.191. The SMILES string of the molecule is CCC1CCN(C(=O)c2cc(C)ccc2C#CCO)C1. The van der Waals surface area contributed by atoms with Gasteiger partial charge in [-0.15, -0.1) is 0 Å². The van der Waals surface area contributed by atoms with Gasteiger partial charge in [-0.2, -0.15) is 0 Å². The number of amides is 1. The Bertz CT molecular complexity index is 554. The minimum absolute atomic E-state index is 0.0619. The van der Waals surface area contributed by atoms with Gasteiger partial charge in [0, 0.05) is 18.7 Å². The maximum Gasteiger partial charge on any atom is 0.255 e. The highest BCUT2D eigenvalue weighted by Crippen LogP contribution is 2.22. The van der Waals surface area contributed by atoms with E-state index in [0.717, 1.165) is 31.5 Å². The molecule has 1 aliphatic heterocycles. The largest absolute Gasteiger partial charge is 0.384 e. The molecule has 1 aromatic rings. The van der Waals surface area contributed by atoms with Crippen LogP contribution in [-0.2, 0) is 0 Å². The van der Waals surface area contributed by atoms with E-state index in [1.807, 2.05) is 30.0 Å². The molecule has 1 heterocycles. The van der Waals surface area contributed by atoms with Gasteiger partial charge in [0.25, 0.3) is 5.91 Å². The fourth-order valence-corrected chi connectivity index (χ4v) is 2.60. The Morgan fingerprint density at radius 1 is 1.50 bits per heavy atom. The van der Waals surface area contributed by atoms with Gasteiger partial charge in [0.1, 0.15) is 6.61 Å². The molecule has 1 aromatic carbocycles. The number of carbonyl (C=O) groups excluding carboxylic acids is 1. The van der Waals surface area contributed by atoms with E-state index in [2.05, 4.69) is 18.8 Å². The molecule has 1 aliphatic rings. The van der Waals surface area contributed by atoms with E-state index in [-0.39, 0.29) is 12.5 Å². The molecule has 106 valence electrons. The number of likely N-dealkylation sites (tertiary alicyclic amines) is 1. The summed E-state index contributed by atoms with van der Waals surface area (Å²) in [6, 6.07) is 5.69. The van der Waals surface area contributed by atoms with E-state index < -0.39 is 0 Å². The van der Waals surface area contributed by atoms with Gasteiger partial charge in [-0.25, -0.2) is 0 Å². The van der Waals surface area contributed by atoms with E-state index in [1.165, 1.54) is 0 Å². The molecule has 20 heavy (non-hydrogen) atoms. The summed E-state index contributed by atoms with van der Waals surface area (Å²) in [5, 5.41) is 8.82. The van der Waals surface area contributed by atoms with Gasteiger partial charge >= 0.3 is 0 Å². The van der Waals surface area contributed by atoms with Crippen molar-refractivity contribution in [3.8, 4) is 11.8 Å². The minimum Gasteiger partial charge on any atom is -0.384 e. The smallest absolute Gasteiger partial charge is 0.255 e. The topological polar surface area (TPSA) is 40.5 Å². The zero-order valence-corrected chi connectivity index (χ0v) is 12.1. The van der Waals surface area contributed by atoms with E-state index in [1.54, 1.807) is 0 Å². The fourth-order valence-electron chi connectivity index (χ4n) is 2.60. The number of aryl methyl sites for hydroxylation is 1. The van der Waals surface area contributed by atoms with E-state index in [0.29, 0.717) is 17.0 Å². The van der Waals surface area contributed by atoms with Crippen molar-refractivity contribution in [3.05, 3.63) is 34.9 Å². The molecule has 0 radical (unpaired) electrons. The first-order valence-electron chi connectivity index (χ1n) is 7.15. The standard InChI is InChI=1S/C17H21NO2/c1-3-14-8-9-18(12-14)17(20)16-11-13(2)6-7-15(16)5-4-10-19/h6-7,11,14,19H,3,8-10,12H2,1-2H3. The van der Waals surface area contributed by atoms with Crippen LogP contribution in [0.15, 0.2) is 18.2 Å². The molecule has 3 nitrogen and oxygen atoms in total. The normalized spacial score (nSPS) is 17.8. The Balaban J connectivity index is 2.27. The van der Waals surface area contributed by atoms with Gasteiger partial charge in [0.2, 0.25) is 0 Å². The first-order chi connectivity index (χ1) is 9.65. The van der Waals surface area contributed by atoms with Gasteiger partial charge in [0.05, 0.1) is 5.56 Å². The first kappa shape index (κ1) is 14.6. The highest BCUT2D eigenvalue weighted by Gasteiger charge is 2.26. The maximum absolute atomic E-state index is 12.6. The van der Waals surface area contributed by atoms with Crippen molar-refractivity contribution in [2.75, 3.05) is 19.7 Å². The van der Waals surface area contributed by atoms with Crippen molar-refractivity contribution >= 4 is 5.91 Å². The maximum atomic E-state index is 12.6. The molecule has 1 atom stereocenters. The van der Waals surface area contributed by atoms with E-state index in [9.17, 15) is 4.79 Å². The molecule has 1 N–H and O–H groups in total. The van der Waals surface area contributed by atoms with Crippen molar-refractivity contribution in [3.63, 3.8) is 0 Å². The fraction of sp³-hybridized carbons (Fsp3) is 0.471. The van der Waals surface area contributed by atoms with Gasteiger partial charge in [-0.1, -0.05) is 36.8 Å². The van der Waals surface area contributed by atoms with Crippen LogP contribution < -0.4 is 0 Å². The average molecular weight is 271 g/mol. The summed E-state index contributed by atoms with van der Waals surface area (Å²) in [7, 11) is 0. The van der Waals surface area contributed by atoms with Gasteiger partial charge in [0.15, 0.2) is 0 Å². The van der Waals surface area contributed by atoms with Crippen LogP contribution >= 0.6 is 0 Å². The molecule has 1 amide bonds. The zero-order chi connectivity index (χ0) is 14.5. The second-order valence-corrected chi connectivity index (χ2v) is 5.32. The van der Waals surface area contributed by atoms with Crippen LogP contribution in [0.4, 0.5) is 0 Å². The number of aliphatic hydroxyl groups is 1. The second kappa shape index (κ2) is 6.58. The van der Waals surface area contributed by atoms with Crippen LogP contribution in [0.1, 0.15) is 41.3 Å². The third-order valence-electron chi connectivity index (χ3n) is 3.86. The predicted molar refractivity (Wildman–Crippen MR) is 79.4 cm³/mol. The number of nitrogens with zero attached hydrogens (tertiary/aromatic N) is 1. The summed E-state index contributed by atoms with van der Waals surface area (Å²) in [6.07, 6.45) is 2.21. The molecule has 1 fully saturated rings. The number of rotatable bonds is 2. The summed E-state index contributed by atoms with van der Waals surface area (Å²) < 4.78 is 0. The molecule has 1 saturated heterocycles. The molecule has 0 spiro atoms. The molecule has 0 aliphatic carbocycles. The number of carbonyl (C=O) groups is 1. The quantitative estimate of drug-likeness (QED) is 0.838. The van der Waals surface area contributed by atoms with Crippen LogP contribution in [0.3, 0.4) is 0 Å². The van der Waals surface area contributed by atoms with Crippen LogP contribution in [0, 0.1) is 24.7 Å². The number of hydrogen-bond acceptors (Lipinski definition) is 2. The highest BCUT2D eigenvalue weighted by atomic mass is 16.2. The second-order valence-electron chi connectivity index (χ2n) is 5.32. The Hall–Kier alpha value is -1.79. The van der Waals surface area contributed by atoms with Crippen molar-refractivity contribution < 1.29 is 9.90 Å². The van der Waals surface area contributed by atoms with E-state index in [4.69, 9.17) is 5.11 Å². The summed E-state index contributed by atoms with van der Waals surface area (Å²) in [5.74, 6) is 6.18. The lowest BCUT2D eigenvalue weighted by Gasteiger charge is -2.17. The molecule has 2 rings (SSSR count). The lowest BCUT2D eigenvalue weighted by molar-refractivity contribution is 0.0786. The first-order valence-corrected chi connectivity index (χ1v) is 7.15. The Morgan fingerprint density at radius 2 is 2.30 bits per heavy atom. The van der Waals surface area contributed by atoms with Crippen molar-refractivity contribution in [1.29, 1.82) is 0 Å². The van der Waals surface area contributed by atoms with Crippen molar-refractivity contribution in [2.24, 2.45) is 5.92 Å². The monoisotopic (exact) mass is 271 g/mol. The Morgan fingerprint density at radius 3 is 2.95 bits per heavy atom. The number of hydrogen-bond donors (Lipinski definition) is 1. The summed E-state index contributed by atoms with van der Waals surface area (Å²) in [5.41, 5.74) is 2.41. The summed E-state index contributed by atoms with van der Waals surface area (Å²) >= 11 is 0. The zero-order valence-electron chi connectivity index (χ0n) is 12.1. The number of aliphatic hydroxyl groups excluding tert-OH is 1. The highest BCUT2D eigenvalue weighted by molar-refractivity contribution is 5.97. The van der Waals surface area contributed by atoms with Crippen LogP contribution in [0.25, 0.3) is 0 Å². The van der Waals surface area contributed by atoms with Crippen LogP contribution in [0.5, 0.6) is 0 Å². The van der Waals surface area contributed by atoms with Gasteiger partial charge in [-0.3, -0.25) is 4.79 Å². The van der Waals surface area contributed by atoms with Gasteiger partial charge in [-0.05, 0) is 31.4 Å². The van der Waals surface area contributed by atoms with Crippen molar-refractivity contribution in [1.82, 2.24) is 4.90 Å². The van der Waals surface area contributed by atoms with Crippen LogP contribution in [-0.4, -0.2) is 35.6 Å². The van der Waals surface area contributed by atoms with Crippen molar-refractivity contribution in [2.45, 2.75) is 26.7 Å². The third kappa shape index (κ3) is 3.20. The van der Waals surface area contributed by atoms with E-state index >= 15 is 0 Å². The molecular formula is C17H21NO2. The Labute approximate surface area is 120 Å². The molecule has 0 saturated carbocycles. The Kier molecular flexibility index (Phi) is 4.81. The molecule has 0 bridgehead atoms. The lowest BCUT2D eigenvalue weighted by atomic mass is 10.0. The van der Waals surface area contributed by atoms with Crippen LogP contribution in [0.2, 0.25) is 0 Å². The molecule has 0 aromatic heterocycles. The summed E-state index contributed by atoms with van der Waals surface area (Å²) in [6.45, 7) is 5.62. The molecule has 1 unspecified atom stereocenters. The molecular weight excluding hydrogens is 250 g/mol. The third-order valence-corrected chi connectivity index (χ3v) is 3.86. The summed E-state index contributed by atoms with van der Waals surface area (Å²) in [4.78, 5) is 14.6. The van der Waals surface area contributed by atoms with Gasteiger partial charge < -0.3 is 10.0 Å². The number of benzene rings is 1.